The van der Waals surface area contributed by atoms with Gasteiger partial charge in [-0.05, 0) is 85.9 Å². The van der Waals surface area contributed by atoms with Crippen LogP contribution in [-0.4, -0.2) is 40.1 Å². The number of anilines is 2. The van der Waals surface area contributed by atoms with E-state index in [2.05, 4.69) is 24.1 Å². The molecule has 0 aliphatic carbocycles. The smallest absolute Gasteiger partial charge is 0.253 e. The van der Waals surface area contributed by atoms with E-state index in [4.69, 9.17) is 4.74 Å². The first-order valence-corrected chi connectivity index (χ1v) is 12.9. The molecule has 1 aliphatic rings. The number of benzene rings is 2. The molecule has 2 aromatic carbocycles. The number of amides is 1. The normalized spacial score (nSPS) is 16.2. The van der Waals surface area contributed by atoms with Crippen LogP contribution in [-0.2, 0) is 4.79 Å². The van der Waals surface area contributed by atoms with Crippen LogP contribution in [0.4, 0.5) is 15.8 Å². The molecule has 1 atom stereocenters. The van der Waals surface area contributed by atoms with Crippen LogP contribution in [0.25, 0.3) is 5.57 Å². The summed E-state index contributed by atoms with van der Waals surface area (Å²) in [4.78, 5) is 19.3. The van der Waals surface area contributed by atoms with E-state index in [1.54, 1.807) is 35.4 Å². The highest BCUT2D eigenvalue weighted by Crippen LogP contribution is 2.30. The highest BCUT2D eigenvalue weighted by Gasteiger charge is 2.26. The number of halogens is 1. The van der Waals surface area contributed by atoms with E-state index in [9.17, 15) is 14.3 Å². The Labute approximate surface area is 223 Å². The van der Waals surface area contributed by atoms with Crippen LogP contribution in [0.15, 0.2) is 78.5 Å². The fourth-order valence-corrected chi connectivity index (χ4v) is 4.35. The van der Waals surface area contributed by atoms with Gasteiger partial charge in [0, 0.05) is 36.6 Å². The summed E-state index contributed by atoms with van der Waals surface area (Å²) in [5, 5.41) is 12.9. The number of rotatable bonds is 8. The molecule has 198 valence electrons. The molecule has 2 heterocycles. The van der Waals surface area contributed by atoms with Gasteiger partial charge in [0.1, 0.15) is 17.3 Å². The summed E-state index contributed by atoms with van der Waals surface area (Å²) in [5.41, 5.74) is 4.35. The Morgan fingerprint density at radius 1 is 1.16 bits per heavy atom. The largest absolute Gasteiger partial charge is 0.457 e. The summed E-state index contributed by atoms with van der Waals surface area (Å²) in [5.74, 6) is 0.952. The zero-order valence-electron chi connectivity index (χ0n) is 22.2. The van der Waals surface area contributed by atoms with Crippen molar-refractivity contribution in [3.05, 3.63) is 95.6 Å². The molecular weight excluding hydrogens is 481 g/mol. The molecule has 1 amide bonds. The molecule has 4 rings (SSSR count). The summed E-state index contributed by atoms with van der Waals surface area (Å²) in [7, 11) is 0. The van der Waals surface area contributed by atoms with Gasteiger partial charge in [0.2, 0.25) is 0 Å². The summed E-state index contributed by atoms with van der Waals surface area (Å²) >= 11 is 0. The molecule has 3 aromatic rings. The Hall–Kier alpha value is -3.97. The lowest BCUT2D eigenvalue weighted by atomic mass is 9.96. The summed E-state index contributed by atoms with van der Waals surface area (Å²) in [6, 6.07) is 15.9. The van der Waals surface area contributed by atoms with Gasteiger partial charge in [0.25, 0.3) is 5.91 Å². The molecule has 0 spiro atoms. The monoisotopic (exact) mass is 515 g/mol. The van der Waals surface area contributed by atoms with Crippen molar-refractivity contribution in [3.8, 4) is 11.5 Å². The number of aliphatic hydroxyl groups excluding tert-OH is 1. The van der Waals surface area contributed by atoms with Gasteiger partial charge in [-0.2, -0.15) is 0 Å². The van der Waals surface area contributed by atoms with E-state index < -0.39 is 6.10 Å². The van der Waals surface area contributed by atoms with Crippen LogP contribution in [0.5, 0.6) is 11.5 Å². The zero-order chi connectivity index (χ0) is 27.2. The summed E-state index contributed by atoms with van der Waals surface area (Å²) in [6.07, 6.45) is 5.51. The van der Waals surface area contributed by atoms with Crippen molar-refractivity contribution in [3.63, 3.8) is 0 Å². The quantitative estimate of drug-likeness (QED) is 0.260. The fraction of sp³-hybridized carbons (Fsp3) is 0.290. The predicted octanol–water partition coefficient (Wildman–Crippen LogP) is 6.64. The lowest BCUT2D eigenvalue weighted by Gasteiger charge is -2.18. The summed E-state index contributed by atoms with van der Waals surface area (Å²) < 4.78 is 20.2. The average Bonchev–Trinajstić information content (AvgIpc) is 3.34. The van der Waals surface area contributed by atoms with Gasteiger partial charge >= 0.3 is 0 Å². The fourth-order valence-electron chi connectivity index (χ4n) is 4.35. The lowest BCUT2D eigenvalue weighted by molar-refractivity contribution is -0.126. The summed E-state index contributed by atoms with van der Waals surface area (Å²) in [6.45, 7) is 8.78. The third-order valence-electron chi connectivity index (χ3n) is 6.46. The van der Waals surface area contributed by atoms with Crippen molar-refractivity contribution < 1.29 is 19.0 Å². The second-order valence-corrected chi connectivity index (χ2v) is 9.80. The van der Waals surface area contributed by atoms with Gasteiger partial charge < -0.3 is 20.1 Å². The Kier molecular flexibility index (Phi) is 8.59. The van der Waals surface area contributed by atoms with Gasteiger partial charge in [-0.1, -0.05) is 26.0 Å². The Bertz CT molecular complexity index is 1350. The van der Waals surface area contributed by atoms with Gasteiger partial charge in [0.05, 0.1) is 17.5 Å². The Morgan fingerprint density at radius 2 is 1.92 bits per heavy atom. The molecule has 1 aliphatic heterocycles. The van der Waals surface area contributed by atoms with E-state index in [0.29, 0.717) is 42.3 Å². The van der Waals surface area contributed by atoms with E-state index in [1.165, 1.54) is 6.07 Å². The molecule has 7 heteroatoms. The molecule has 38 heavy (non-hydrogen) atoms. The third kappa shape index (κ3) is 6.66. The molecule has 1 saturated heterocycles. The highest BCUT2D eigenvalue weighted by molar-refractivity contribution is 5.98. The zero-order valence-corrected chi connectivity index (χ0v) is 22.2. The minimum absolute atomic E-state index is 0.0890. The van der Waals surface area contributed by atoms with Crippen LogP contribution in [0.3, 0.4) is 0 Å². The van der Waals surface area contributed by atoms with Crippen molar-refractivity contribution in [1.29, 1.82) is 0 Å². The molecule has 0 saturated carbocycles. The lowest BCUT2D eigenvalue weighted by Crippen LogP contribution is -2.30. The maximum Gasteiger partial charge on any atom is 0.253 e. The number of allylic oxidation sites excluding steroid dienone is 2. The number of nitrogens with one attached hydrogen (secondary N) is 1. The number of hydrogen-bond acceptors (Lipinski definition) is 5. The van der Waals surface area contributed by atoms with Crippen LogP contribution < -0.4 is 10.1 Å². The molecule has 1 unspecified atom stereocenters. The number of aliphatic hydroxyl groups is 1. The van der Waals surface area contributed by atoms with Crippen molar-refractivity contribution >= 4 is 22.9 Å². The first kappa shape index (κ1) is 27.1. The van der Waals surface area contributed by atoms with Crippen molar-refractivity contribution in [2.45, 2.75) is 40.2 Å². The van der Waals surface area contributed by atoms with Crippen LogP contribution >= 0.6 is 0 Å². The SMILES string of the molecule is C/C=C(\C=C(\c1cc(Oc2ccc(Nc3cc(C)ccc3F)cc2)ccn1)C(C)C)C(=O)N1CCC(O)C1. The second kappa shape index (κ2) is 12.0. The highest BCUT2D eigenvalue weighted by atomic mass is 19.1. The van der Waals surface area contributed by atoms with Gasteiger partial charge in [-0.25, -0.2) is 4.39 Å². The number of aromatic nitrogens is 1. The number of carbonyl (C=O) groups excluding carboxylic acids is 1. The van der Waals surface area contributed by atoms with E-state index in [1.807, 2.05) is 50.3 Å². The predicted molar refractivity (Wildman–Crippen MR) is 149 cm³/mol. The van der Waals surface area contributed by atoms with Crippen LogP contribution in [0.2, 0.25) is 0 Å². The topological polar surface area (TPSA) is 74.7 Å². The first-order chi connectivity index (χ1) is 18.2. The van der Waals surface area contributed by atoms with Crippen molar-refractivity contribution in [2.75, 3.05) is 18.4 Å². The molecular formula is C31H34FN3O3. The standard InChI is InChI=1S/C31H34FN3O3/c1-5-22(31(37)35-15-13-24(36)19-35)17-27(20(2)3)29-18-26(12-14-33-29)38-25-9-7-23(8-10-25)34-30-16-21(4)6-11-28(30)32/h5-12,14,16-18,20,24,34,36H,13,15,19H2,1-4H3/b22-5+,27-17+. The number of β-amino-alcohol motifs (C(OH)–C–C–N with tert-alkyl or cyclic N) is 1. The molecule has 1 aromatic heterocycles. The second-order valence-electron chi connectivity index (χ2n) is 9.80. The van der Waals surface area contributed by atoms with Gasteiger partial charge in [-0.15, -0.1) is 0 Å². The number of hydrogen-bond donors (Lipinski definition) is 2. The Balaban J connectivity index is 1.50. The minimum Gasteiger partial charge on any atom is -0.457 e. The minimum atomic E-state index is -0.463. The molecule has 2 N–H and O–H groups in total. The third-order valence-corrected chi connectivity index (χ3v) is 6.46. The Morgan fingerprint density at radius 3 is 2.58 bits per heavy atom. The van der Waals surface area contributed by atoms with E-state index in [-0.39, 0.29) is 17.6 Å². The first-order valence-electron chi connectivity index (χ1n) is 12.9. The number of pyridine rings is 1. The van der Waals surface area contributed by atoms with Crippen LogP contribution in [0, 0.1) is 18.7 Å². The van der Waals surface area contributed by atoms with Gasteiger partial charge in [0.15, 0.2) is 0 Å². The molecule has 0 bridgehead atoms. The molecule has 6 nitrogen and oxygen atoms in total. The number of nitrogens with zero attached hydrogens (tertiary/aromatic N) is 2. The van der Waals surface area contributed by atoms with E-state index >= 15 is 0 Å². The maximum atomic E-state index is 14.1. The average molecular weight is 516 g/mol. The molecule has 1 fully saturated rings. The number of ether oxygens (including phenoxy) is 1. The maximum absolute atomic E-state index is 14.1. The number of aryl methyl sites for hydroxylation is 1. The van der Waals surface area contributed by atoms with Crippen molar-refractivity contribution in [2.24, 2.45) is 5.92 Å². The van der Waals surface area contributed by atoms with Crippen LogP contribution in [0.1, 0.15) is 38.4 Å². The van der Waals surface area contributed by atoms with E-state index in [0.717, 1.165) is 22.5 Å². The van der Waals surface area contributed by atoms with Crippen molar-refractivity contribution in [1.82, 2.24) is 9.88 Å². The number of carbonyl (C=O) groups is 1. The number of likely N-dealkylation sites (tertiary alicyclic amines) is 1. The van der Waals surface area contributed by atoms with Gasteiger partial charge in [-0.3, -0.25) is 9.78 Å². The molecule has 0 radical (unpaired) electrons.